The summed E-state index contributed by atoms with van der Waals surface area (Å²) in [5, 5.41) is 8.88. The fourth-order valence-corrected chi connectivity index (χ4v) is 2.30. The van der Waals surface area contributed by atoms with E-state index in [0.29, 0.717) is 18.4 Å². The summed E-state index contributed by atoms with van der Waals surface area (Å²) in [7, 11) is 0. The molecule has 0 aromatic rings. The Labute approximate surface area is 105 Å². The van der Waals surface area contributed by atoms with Gasteiger partial charge in [0.25, 0.3) is 0 Å². The average Bonchev–Trinajstić information content (AvgIpc) is 2.27. The highest BCUT2D eigenvalue weighted by Crippen LogP contribution is 2.25. The fourth-order valence-electron chi connectivity index (χ4n) is 2.30. The predicted molar refractivity (Wildman–Crippen MR) is 69.8 cm³/mol. The Balaban J connectivity index is 2.26. The van der Waals surface area contributed by atoms with Crippen LogP contribution in [0.4, 0.5) is 0 Å². The molecule has 0 spiro atoms. The number of amides is 1. The molecule has 0 aromatic heterocycles. The maximum atomic E-state index is 12.1. The van der Waals surface area contributed by atoms with Gasteiger partial charge in [-0.1, -0.05) is 26.2 Å². The van der Waals surface area contributed by atoms with Gasteiger partial charge in [0.2, 0.25) is 5.91 Å². The lowest BCUT2D eigenvalue weighted by molar-refractivity contribution is -0.135. The predicted octanol–water partition coefficient (Wildman–Crippen LogP) is 2.72. The second-order valence-corrected chi connectivity index (χ2v) is 5.06. The largest absolute Gasteiger partial charge is 0.396 e. The SMILES string of the molecule is CCCCCCC(=O)N(CCCO)C1CCC1. The standard InChI is InChI=1S/C14H27NO2/c1-2-3-4-5-10-14(17)15(11-7-12-16)13-8-6-9-13/h13,16H,2-12H2,1H3. The van der Waals surface area contributed by atoms with Gasteiger partial charge in [-0.2, -0.15) is 0 Å². The van der Waals surface area contributed by atoms with E-state index in [4.69, 9.17) is 5.11 Å². The first-order valence-electron chi connectivity index (χ1n) is 7.20. The topological polar surface area (TPSA) is 40.5 Å². The third kappa shape index (κ3) is 5.07. The van der Waals surface area contributed by atoms with Crippen molar-refractivity contribution >= 4 is 5.91 Å². The number of carbonyl (C=O) groups is 1. The van der Waals surface area contributed by atoms with Gasteiger partial charge in [0, 0.05) is 25.6 Å². The van der Waals surface area contributed by atoms with Crippen molar-refractivity contribution < 1.29 is 9.90 Å². The molecule has 0 atom stereocenters. The van der Waals surface area contributed by atoms with Crippen molar-refractivity contribution in [3.8, 4) is 0 Å². The first kappa shape index (κ1) is 14.5. The number of hydrogen-bond acceptors (Lipinski definition) is 2. The van der Waals surface area contributed by atoms with E-state index < -0.39 is 0 Å². The molecule has 3 nitrogen and oxygen atoms in total. The van der Waals surface area contributed by atoms with E-state index in [1.54, 1.807) is 0 Å². The highest BCUT2D eigenvalue weighted by atomic mass is 16.3. The molecule has 1 N–H and O–H groups in total. The number of hydrogen-bond donors (Lipinski definition) is 1. The van der Waals surface area contributed by atoms with Gasteiger partial charge >= 0.3 is 0 Å². The molecule has 0 unspecified atom stereocenters. The molecule has 0 aliphatic heterocycles. The van der Waals surface area contributed by atoms with Crippen LogP contribution in [0.1, 0.15) is 64.7 Å². The van der Waals surface area contributed by atoms with E-state index in [0.717, 1.165) is 32.2 Å². The molecule has 100 valence electrons. The molecular formula is C14H27NO2. The molecule has 1 saturated carbocycles. The minimum Gasteiger partial charge on any atom is -0.396 e. The summed E-state index contributed by atoms with van der Waals surface area (Å²) >= 11 is 0. The second kappa shape index (κ2) is 8.51. The van der Waals surface area contributed by atoms with Crippen LogP contribution in [-0.4, -0.2) is 35.1 Å². The van der Waals surface area contributed by atoms with Crippen LogP contribution in [0, 0.1) is 0 Å². The lowest BCUT2D eigenvalue weighted by Gasteiger charge is -2.37. The highest BCUT2D eigenvalue weighted by Gasteiger charge is 2.27. The van der Waals surface area contributed by atoms with Crippen LogP contribution in [0.3, 0.4) is 0 Å². The molecule has 1 amide bonds. The van der Waals surface area contributed by atoms with Crippen LogP contribution in [-0.2, 0) is 4.79 Å². The zero-order valence-electron chi connectivity index (χ0n) is 11.2. The van der Waals surface area contributed by atoms with E-state index in [-0.39, 0.29) is 6.61 Å². The minimum absolute atomic E-state index is 0.187. The minimum atomic E-state index is 0.187. The molecule has 0 bridgehead atoms. The Hall–Kier alpha value is -0.570. The Kier molecular flexibility index (Phi) is 7.25. The van der Waals surface area contributed by atoms with Gasteiger partial charge in [0.1, 0.15) is 0 Å². The molecule has 1 rings (SSSR count). The zero-order chi connectivity index (χ0) is 12.5. The zero-order valence-corrected chi connectivity index (χ0v) is 11.2. The van der Waals surface area contributed by atoms with Gasteiger partial charge in [-0.15, -0.1) is 0 Å². The molecular weight excluding hydrogens is 214 g/mol. The van der Waals surface area contributed by atoms with E-state index in [9.17, 15) is 4.79 Å². The summed E-state index contributed by atoms with van der Waals surface area (Å²) in [4.78, 5) is 14.1. The van der Waals surface area contributed by atoms with Crippen molar-refractivity contribution in [1.29, 1.82) is 0 Å². The van der Waals surface area contributed by atoms with Crippen molar-refractivity contribution in [3.05, 3.63) is 0 Å². The summed E-state index contributed by atoms with van der Waals surface area (Å²) in [5.74, 6) is 0.305. The van der Waals surface area contributed by atoms with Gasteiger partial charge in [0.15, 0.2) is 0 Å². The molecule has 0 heterocycles. The van der Waals surface area contributed by atoms with E-state index >= 15 is 0 Å². The van der Waals surface area contributed by atoms with Crippen molar-refractivity contribution in [1.82, 2.24) is 4.90 Å². The third-order valence-corrected chi connectivity index (χ3v) is 3.64. The lowest BCUT2D eigenvalue weighted by Crippen LogP contribution is -2.44. The Morgan fingerprint density at radius 1 is 1.24 bits per heavy atom. The molecule has 1 aliphatic carbocycles. The third-order valence-electron chi connectivity index (χ3n) is 3.64. The van der Waals surface area contributed by atoms with Crippen molar-refractivity contribution in [2.24, 2.45) is 0 Å². The number of aliphatic hydroxyl groups is 1. The van der Waals surface area contributed by atoms with Crippen LogP contribution in [0.15, 0.2) is 0 Å². The number of unbranched alkanes of at least 4 members (excludes halogenated alkanes) is 3. The number of aliphatic hydroxyl groups excluding tert-OH is 1. The van der Waals surface area contributed by atoms with Gasteiger partial charge in [-0.25, -0.2) is 0 Å². The highest BCUT2D eigenvalue weighted by molar-refractivity contribution is 5.76. The maximum Gasteiger partial charge on any atom is 0.222 e. The summed E-state index contributed by atoms with van der Waals surface area (Å²) in [6.07, 6.45) is 9.62. The molecule has 1 aliphatic rings. The smallest absolute Gasteiger partial charge is 0.222 e. The van der Waals surface area contributed by atoms with Gasteiger partial charge in [0.05, 0.1) is 0 Å². The first-order valence-corrected chi connectivity index (χ1v) is 7.20. The Morgan fingerprint density at radius 2 is 2.00 bits per heavy atom. The number of nitrogens with zero attached hydrogens (tertiary/aromatic N) is 1. The lowest BCUT2D eigenvalue weighted by atomic mass is 9.91. The van der Waals surface area contributed by atoms with E-state index in [1.807, 2.05) is 4.90 Å². The quantitative estimate of drug-likeness (QED) is 0.631. The van der Waals surface area contributed by atoms with Gasteiger partial charge in [-0.3, -0.25) is 4.79 Å². The van der Waals surface area contributed by atoms with Crippen molar-refractivity contribution in [2.45, 2.75) is 70.8 Å². The van der Waals surface area contributed by atoms with Gasteiger partial charge in [-0.05, 0) is 32.1 Å². The summed E-state index contributed by atoms with van der Waals surface area (Å²) in [6.45, 7) is 3.11. The second-order valence-electron chi connectivity index (χ2n) is 5.06. The van der Waals surface area contributed by atoms with Crippen LogP contribution < -0.4 is 0 Å². The first-order chi connectivity index (χ1) is 8.29. The van der Waals surface area contributed by atoms with Crippen LogP contribution in [0.2, 0.25) is 0 Å². The van der Waals surface area contributed by atoms with Crippen molar-refractivity contribution in [2.75, 3.05) is 13.2 Å². The molecule has 0 aromatic carbocycles. The summed E-state index contributed by atoms with van der Waals surface area (Å²) < 4.78 is 0. The van der Waals surface area contributed by atoms with E-state index in [1.165, 1.54) is 25.7 Å². The summed E-state index contributed by atoms with van der Waals surface area (Å²) in [6, 6.07) is 0.472. The van der Waals surface area contributed by atoms with Crippen LogP contribution >= 0.6 is 0 Å². The molecule has 0 saturated heterocycles. The maximum absolute atomic E-state index is 12.1. The molecule has 1 fully saturated rings. The number of carbonyl (C=O) groups excluding carboxylic acids is 1. The average molecular weight is 241 g/mol. The van der Waals surface area contributed by atoms with Crippen LogP contribution in [0.5, 0.6) is 0 Å². The Bertz CT molecular complexity index is 214. The molecule has 3 heteroatoms. The number of rotatable bonds is 9. The van der Waals surface area contributed by atoms with Gasteiger partial charge < -0.3 is 10.0 Å². The molecule has 17 heavy (non-hydrogen) atoms. The fraction of sp³-hybridized carbons (Fsp3) is 0.929. The normalized spacial score (nSPS) is 15.6. The molecule has 0 radical (unpaired) electrons. The van der Waals surface area contributed by atoms with E-state index in [2.05, 4.69) is 6.92 Å². The van der Waals surface area contributed by atoms with Crippen LogP contribution in [0.25, 0.3) is 0 Å². The monoisotopic (exact) mass is 241 g/mol. The Morgan fingerprint density at radius 3 is 2.53 bits per heavy atom. The summed E-state index contributed by atoms with van der Waals surface area (Å²) in [5.41, 5.74) is 0. The van der Waals surface area contributed by atoms with Crippen molar-refractivity contribution in [3.63, 3.8) is 0 Å².